The summed E-state index contributed by atoms with van der Waals surface area (Å²) in [5, 5.41) is 2.64. The molecule has 2 aromatic rings. The van der Waals surface area contributed by atoms with Crippen LogP contribution in [0.25, 0.3) is 0 Å². The minimum absolute atomic E-state index is 0.410. The number of carbonyl (C=O) groups excluding carboxylic acids is 1. The third-order valence-corrected chi connectivity index (χ3v) is 3.80. The minimum atomic E-state index is -4.62. The van der Waals surface area contributed by atoms with Crippen LogP contribution in [0.3, 0.4) is 0 Å². The molecule has 1 aromatic heterocycles. The fourth-order valence-corrected chi connectivity index (χ4v) is 2.28. The van der Waals surface area contributed by atoms with E-state index in [1.54, 1.807) is 6.92 Å². The molecule has 8 heteroatoms. The second-order valence-corrected chi connectivity index (χ2v) is 5.62. The van der Waals surface area contributed by atoms with E-state index in [-0.39, 0.29) is 0 Å². The summed E-state index contributed by atoms with van der Waals surface area (Å²) in [6.45, 7) is 3.08. The van der Waals surface area contributed by atoms with E-state index in [2.05, 4.69) is 5.32 Å². The van der Waals surface area contributed by atoms with Crippen molar-refractivity contribution in [3.63, 3.8) is 0 Å². The smallest absolute Gasteiger partial charge is 0.348 e. The van der Waals surface area contributed by atoms with Crippen LogP contribution in [0.5, 0.6) is 0 Å². The molecule has 0 spiro atoms. The number of nitrogens with zero attached hydrogens (tertiary/aromatic N) is 1. The van der Waals surface area contributed by atoms with Crippen molar-refractivity contribution in [2.75, 3.05) is 0 Å². The maximum absolute atomic E-state index is 12.9. The first-order valence-corrected chi connectivity index (χ1v) is 7.45. The van der Waals surface area contributed by atoms with Gasteiger partial charge in [-0.2, -0.15) is 13.2 Å². The average Bonchev–Trinajstić information content (AvgIpc) is 2.53. The number of nitrogens with one attached hydrogen (secondary N) is 1. The minimum Gasteiger partial charge on any atom is -0.348 e. The second kappa shape index (κ2) is 7.08. The number of aromatic nitrogens is 1. The van der Waals surface area contributed by atoms with E-state index in [1.165, 1.54) is 31.2 Å². The molecule has 0 aliphatic heterocycles. The Morgan fingerprint density at radius 1 is 1.12 bits per heavy atom. The highest BCUT2D eigenvalue weighted by atomic mass is 19.4. The molecule has 0 fully saturated rings. The Balaban J connectivity index is 2.14. The fraction of sp³-hybridized carbons (Fsp3) is 0.294. The summed E-state index contributed by atoms with van der Waals surface area (Å²) < 4.78 is 51.6. The number of hydrogen-bond acceptors (Lipinski definition) is 2. The van der Waals surface area contributed by atoms with Gasteiger partial charge in [0.1, 0.15) is 11.9 Å². The molecule has 4 nitrogen and oxygen atoms in total. The number of benzene rings is 1. The normalized spacial score (nSPS) is 14.0. The van der Waals surface area contributed by atoms with Gasteiger partial charge in [0.25, 0.3) is 5.56 Å². The Bertz CT molecular complexity index is 813. The molecule has 1 amide bonds. The van der Waals surface area contributed by atoms with Gasteiger partial charge in [-0.25, -0.2) is 4.39 Å². The number of rotatable bonds is 4. The van der Waals surface area contributed by atoms with Gasteiger partial charge in [-0.3, -0.25) is 9.59 Å². The summed E-state index contributed by atoms with van der Waals surface area (Å²) in [5.74, 6) is -0.953. The highest BCUT2D eigenvalue weighted by Crippen LogP contribution is 2.28. The van der Waals surface area contributed by atoms with Crippen LogP contribution in [0, 0.1) is 5.82 Å². The zero-order valence-corrected chi connectivity index (χ0v) is 13.5. The van der Waals surface area contributed by atoms with Crippen LogP contribution in [0.15, 0.2) is 47.4 Å². The monoisotopic (exact) mass is 356 g/mol. The highest BCUT2D eigenvalue weighted by Gasteiger charge is 2.31. The van der Waals surface area contributed by atoms with E-state index >= 15 is 0 Å². The predicted octanol–water partition coefficient (Wildman–Crippen LogP) is 3.44. The fourth-order valence-electron chi connectivity index (χ4n) is 2.28. The first kappa shape index (κ1) is 18.7. The number of hydrogen-bond donors (Lipinski definition) is 1. The van der Waals surface area contributed by atoms with Crippen molar-refractivity contribution in [2.24, 2.45) is 0 Å². The van der Waals surface area contributed by atoms with E-state index in [0.29, 0.717) is 11.6 Å². The van der Waals surface area contributed by atoms with Crippen molar-refractivity contribution in [2.45, 2.75) is 32.1 Å². The molecule has 2 atom stereocenters. The summed E-state index contributed by atoms with van der Waals surface area (Å²) in [7, 11) is 0. The van der Waals surface area contributed by atoms with Gasteiger partial charge in [0.05, 0.1) is 11.6 Å². The van der Waals surface area contributed by atoms with Crippen LogP contribution < -0.4 is 10.9 Å². The van der Waals surface area contributed by atoms with Gasteiger partial charge >= 0.3 is 6.18 Å². The Labute approximate surface area is 141 Å². The van der Waals surface area contributed by atoms with Crippen molar-refractivity contribution < 1.29 is 22.4 Å². The molecule has 0 saturated heterocycles. The Kier molecular flexibility index (Phi) is 5.30. The van der Waals surface area contributed by atoms with Crippen molar-refractivity contribution >= 4 is 5.91 Å². The van der Waals surface area contributed by atoms with E-state index in [1.807, 2.05) is 0 Å². The van der Waals surface area contributed by atoms with Crippen LogP contribution in [0.4, 0.5) is 17.6 Å². The molecule has 0 saturated carbocycles. The first-order valence-electron chi connectivity index (χ1n) is 7.45. The topological polar surface area (TPSA) is 51.1 Å². The molecule has 25 heavy (non-hydrogen) atoms. The van der Waals surface area contributed by atoms with Crippen molar-refractivity contribution in [3.8, 4) is 0 Å². The third-order valence-electron chi connectivity index (χ3n) is 3.80. The molecule has 134 valence electrons. The van der Waals surface area contributed by atoms with E-state index in [9.17, 15) is 27.2 Å². The molecule has 0 bridgehead atoms. The largest absolute Gasteiger partial charge is 0.416 e. The van der Waals surface area contributed by atoms with Crippen LogP contribution in [0.2, 0.25) is 0 Å². The maximum atomic E-state index is 12.9. The maximum Gasteiger partial charge on any atom is 0.416 e. The summed E-state index contributed by atoms with van der Waals surface area (Å²) in [5.41, 5.74) is -1.34. The van der Waals surface area contributed by atoms with Gasteiger partial charge in [0.15, 0.2) is 0 Å². The lowest BCUT2D eigenvalue weighted by molar-refractivity contribution is -0.137. The number of amides is 1. The Hall–Kier alpha value is -2.64. The van der Waals surface area contributed by atoms with E-state index in [4.69, 9.17) is 0 Å². The van der Waals surface area contributed by atoms with Gasteiger partial charge in [0.2, 0.25) is 5.91 Å². The molecule has 0 unspecified atom stereocenters. The zero-order valence-electron chi connectivity index (χ0n) is 13.5. The van der Waals surface area contributed by atoms with Gasteiger partial charge < -0.3 is 9.88 Å². The number of carbonyl (C=O) groups is 1. The summed E-state index contributed by atoms with van der Waals surface area (Å²) in [6, 6.07) is 5.26. The molecule has 0 aliphatic carbocycles. The summed E-state index contributed by atoms with van der Waals surface area (Å²) >= 11 is 0. The molecule has 0 aliphatic rings. The van der Waals surface area contributed by atoms with Crippen molar-refractivity contribution in [3.05, 3.63) is 69.9 Å². The van der Waals surface area contributed by atoms with Crippen LogP contribution in [-0.4, -0.2) is 10.5 Å². The first-order chi connectivity index (χ1) is 11.6. The molecular weight excluding hydrogens is 340 g/mol. The van der Waals surface area contributed by atoms with Gasteiger partial charge in [-0.05, 0) is 37.6 Å². The summed E-state index contributed by atoms with van der Waals surface area (Å²) in [4.78, 5) is 24.1. The molecule has 1 aromatic carbocycles. The molecule has 2 rings (SSSR count). The third kappa shape index (κ3) is 4.46. The lowest BCUT2D eigenvalue weighted by atomic mass is 10.1. The van der Waals surface area contributed by atoms with Gasteiger partial charge in [-0.1, -0.05) is 12.1 Å². The Morgan fingerprint density at radius 3 is 2.24 bits per heavy atom. The lowest BCUT2D eigenvalue weighted by Crippen LogP contribution is -2.37. The van der Waals surface area contributed by atoms with E-state index in [0.717, 1.165) is 16.8 Å². The molecule has 1 N–H and O–H groups in total. The zero-order chi connectivity index (χ0) is 18.8. The SMILES string of the molecule is C[C@@H](NC(=O)[C@H](C)n1ccc(C(F)(F)F)cc1=O)c1ccc(F)cc1. The van der Waals surface area contributed by atoms with E-state index < -0.39 is 41.1 Å². The summed E-state index contributed by atoms with van der Waals surface area (Å²) in [6.07, 6.45) is -3.68. The standard InChI is InChI=1S/C17H16F4N2O2/c1-10(12-3-5-14(18)6-4-12)22-16(25)11(2)23-8-7-13(9-15(23)24)17(19,20)21/h3-11H,1-2H3,(H,22,25)/t10-,11+/m1/s1. The molecule has 1 heterocycles. The predicted molar refractivity (Wildman–Crippen MR) is 83.4 cm³/mol. The number of alkyl halides is 3. The van der Waals surface area contributed by atoms with Crippen LogP contribution in [0.1, 0.15) is 37.1 Å². The quantitative estimate of drug-likeness (QED) is 0.853. The average molecular weight is 356 g/mol. The highest BCUT2D eigenvalue weighted by molar-refractivity contribution is 5.80. The van der Waals surface area contributed by atoms with Crippen molar-refractivity contribution in [1.29, 1.82) is 0 Å². The van der Waals surface area contributed by atoms with Crippen LogP contribution >= 0.6 is 0 Å². The van der Waals surface area contributed by atoms with Gasteiger partial charge in [-0.15, -0.1) is 0 Å². The molecule has 0 radical (unpaired) electrons. The second-order valence-electron chi connectivity index (χ2n) is 5.62. The number of pyridine rings is 1. The van der Waals surface area contributed by atoms with Crippen molar-refractivity contribution in [1.82, 2.24) is 9.88 Å². The lowest BCUT2D eigenvalue weighted by Gasteiger charge is -2.20. The van der Waals surface area contributed by atoms with Gasteiger partial charge in [0, 0.05) is 12.3 Å². The van der Waals surface area contributed by atoms with Crippen LogP contribution in [-0.2, 0) is 11.0 Å². The Morgan fingerprint density at radius 2 is 1.72 bits per heavy atom. The molecular formula is C17H16F4N2O2. The number of halogens is 4.